The van der Waals surface area contributed by atoms with Crippen LogP contribution in [0.2, 0.25) is 5.02 Å². The molecule has 1 aromatic carbocycles. The zero-order valence-corrected chi connectivity index (χ0v) is 14.6. The quantitative estimate of drug-likeness (QED) is 0.857. The summed E-state index contributed by atoms with van der Waals surface area (Å²) in [4.78, 5) is 16.6. The molecule has 1 saturated heterocycles. The molecule has 1 fully saturated rings. The van der Waals surface area contributed by atoms with Crippen LogP contribution in [0.4, 0.5) is 0 Å². The number of carbonyl (C=O) groups excluding carboxylic acids is 1. The zero-order valence-electron chi connectivity index (χ0n) is 13.9. The number of benzene rings is 1. The lowest BCUT2D eigenvalue weighted by Crippen LogP contribution is -2.38. The third kappa shape index (κ3) is 5.18. The Morgan fingerprint density at radius 2 is 2.04 bits per heavy atom. The first-order valence-corrected chi connectivity index (χ1v) is 8.75. The summed E-state index contributed by atoms with van der Waals surface area (Å²) >= 11 is 5.85. The normalized spacial score (nSPS) is 16.2. The molecule has 0 radical (unpaired) electrons. The zero-order chi connectivity index (χ0) is 17.5. The molecule has 1 amide bonds. The van der Waals surface area contributed by atoms with Gasteiger partial charge >= 0.3 is 0 Å². The molecule has 6 heteroatoms. The predicted octanol–water partition coefficient (Wildman–Crippen LogP) is 3.40. The summed E-state index contributed by atoms with van der Waals surface area (Å²) in [5.74, 6) is 0.788. The summed E-state index contributed by atoms with van der Waals surface area (Å²) in [5.41, 5.74) is 1.01. The van der Waals surface area contributed by atoms with Gasteiger partial charge in [0, 0.05) is 30.6 Å². The van der Waals surface area contributed by atoms with Crippen LogP contribution in [0.1, 0.15) is 24.4 Å². The number of pyridine rings is 1. The lowest BCUT2D eigenvalue weighted by Gasteiger charge is -2.31. The van der Waals surface area contributed by atoms with Crippen molar-refractivity contribution in [3.05, 3.63) is 59.4 Å². The molecule has 1 aliphatic heterocycles. The smallest absolute Gasteiger partial charge is 0.258 e. The Kier molecular flexibility index (Phi) is 6.25. The van der Waals surface area contributed by atoms with Gasteiger partial charge in [0.05, 0.1) is 6.04 Å². The van der Waals surface area contributed by atoms with Crippen molar-refractivity contribution in [3.63, 3.8) is 0 Å². The Labute approximate surface area is 152 Å². The molecule has 25 heavy (non-hydrogen) atoms. The maximum Gasteiger partial charge on any atom is 0.258 e. The number of ether oxygens (including phenoxy) is 2. The first-order chi connectivity index (χ1) is 12.2. The van der Waals surface area contributed by atoms with E-state index in [2.05, 4.69) is 10.3 Å². The number of halogens is 1. The highest BCUT2D eigenvalue weighted by molar-refractivity contribution is 6.30. The molecule has 2 aromatic rings. The van der Waals surface area contributed by atoms with Gasteiger partial charge in [0.2, 0.25) is 0 Å². The number of aromatic nitrogens is 1. The molecule has 5 nitrogen and oxygen atoms in total. The van der Waals surface area contributed by atoms with Crippen LogP contribution in [0.25, 0.3) is 0 Å². The van der Waals surface area contributed by atoms with Gasteiger partial charge in [0.1, 0.15) is 5.75 Å². The minimum Gasteiger partial charge on any atom is -0.484 e. The topological polar surface area (TPSA) is 60.5 Å². The molecule has 0 saturated carbocycles. The average Bonchev–Trinajstić information content (AvgIpc) is 2.67. The number of nitrogens with one attached hydrogen (secondary N) is 1. The summed E-state index contributed by atoms with van der Waals surface area (Å²) in [6.07, 6.45) is 5.37. The van der Waals surface area contributed by atoms with Crippen molar-refractivity contribution in [1.29, 1.82) is 0 Å². The number of rotatable bonds is 6. The number of amides is 1. The van der Waals surface area contributed by atoms with Crippen molar-refractivity contribution in [1.82, 2.24) is 10.3 Å². The van der Waals surface area contributed by atoms with Crippen molar-refractivity contribution < 1.29 is 14.3 Å². The molecule has 1 unspecified atom stereocenters. The molecule has 3 rings (SSSR count). The lowest BCUT2D eigenvalue weighted by atomic mass is 9.87. The van der Waals surface area contributed by atoms with Crippen LogP contribution in [-0.4, -0.2) is 30.7 Å². The molecular formula is C19H21ClN2O3. The summed E-state index contributed by atoms with van der Waals surface area (Å²) in [5, 5.41) is 3.73. The first kappa shape index (κ1) is 17.7. The molecule has 2 heterocycles. The Morgan fingerprint density at radius 1 is 1.28 bits per heavy atom. The Hall–Kier alpha value is -2.11. The Morgan fingerprint density at radius 3 is 2.72 bits per heavy atom. The summed E-state index contributed by atoms with van der Waals surface area (Å²) in [6.45, 7) is 1.40. The van der Waals surface area contributed by atoms with Gasteiger partial charge in [-0.3, -0.25) is 9.78 Å². The fraction of sp³-hybridized carbons (Fsp3) is 0.368. The lowest BCUT2D eigenvalue weighted by molar-refractivity contribution is -0.124. The monoisotopic (exact) mass is 360 g/mol. The summed E-state index contributed by atoms with van der Waals surface area (Å²) in [6, 6.07) is 10.7. The number of hydrogen-bond acceptors (Lipinski definition) is 4. The summed E-state index contributed by atoms with van der Waals surface area (Å²) in [7, 11) is 0. The Balaban J connectivity index is 1.62. The third-order valence-electron chi connectivity index (χ3n) is 4.28. The third-order valence-corrected chi connectivity index (χ3v) is 4.53. The highest BCUT2D eigenvalue weighted by atomic mass is 35.5. The van der Waals surface area contributed by atoms with Crippen LogP contribution in [-0.2, 0) is 9.53 Å². The van der Waals surface area contributed by atoms with Crippen LogP contribution < -0.4 is 10.1 Å². The maximum atomic E-state index is 12.4. The molecule has 0 aliphatic carbocycles. The van der Waals surface area contributed by atoms with Crippen LogP contribution in [0, 0.1) is 5.92 Å². The number of hydrogen-bond donors (Lipinski definition) is 1. The average molecular weight is 361 g/mol. The molecule has 0 bridgehead atoms. The van der Waals surface area contributed by atoms with Gasteiger partial charge in [0.25, 0.3) is 5.91 Å². The van der Waals surface area contributed by atoms with E-state index in [1.165, 1.54) is 0 Å². The highest BCUT2D eigenvalue weighted by Crippen LogP contribution is 2.29. The predicted molar refractivity (Wildman–Crippen MR) is 95.6 cm³/mol. The van der Waals surface area contributed by atoms with E-state index >= 15 is 0 Å². The number of nitrogens with zero attached hydrogens (tertiary/aromatic N) is 1. The molecule has 1 atom stereocenters. The molecule has 1 aromatic heterocycles. The van der Waals surface area contributed by atoms with Gasteiger partial charge in [-0.25, -0.2) is 0 Å². The van der Waals surface area contributed by atoms with Gasteiger partial charge in [-0.2, -0.15) is 0 Å². The van der Waals surface area contributed by atoms with Crippen LogP contribution in [0.3, 0.4) is 0 Å². The van der Waals surface area contributed by atoms with Crippen LogP contribution >= 0.6 is 11.6 Å². The van der Waals surface area contributed by atoms with E-state index in [1.54, 1.807) is 36.7 Å². The molecule has 1 N–H and O–H groups in total. The minimum absolute atomic E-state index is 0.0401. The van der Waals surface area contributed by atoms with Crippen molar-refractivity contribution in [3.8, 4) is 5.75 Å². The van der Waals surface area contributed by atoms with E-state index in [0.717, 1.165) is 31.6 Å². The van der Waals surface area contributed by atoms with Crippen molar-refractivity contribution >= 4 is 17.5 Å². The largest absolute Gasteiger partial charge is 0.484 e. The Bertz CT molecular complexity index is 673. The van der Waals surface area contributed by atoms with Gasteiger partial charge in [-0.1, -0.05) is 17.7 Å². The van der Waals surface area contributed by atoms with Gasteiger partial charge < -0.3 is 14.8 Å². The van der Waals surface area contributed by atoms with Crippen LogP contribution in [0.15, 0.2) is 48.8 Å². The van der Waals surface area contributed by atoms with Gasteiger partial charge in [0.15, 0.2) is 6.61 Å². The SMILES string of the molecule is O=C(COc1ccc(Cl)cc1)NC(c1cccnc1)C1CCOCC1. The van der Waals surface area contributed by atoms with E-state index in [1.807, 2.05) is 12.1 Å². The fourth-order valence-electron chi connectivity index (χ4n) is 2.98. The highest BCUT2D eigenvalue weighted by Gasteiger charge is 2.27. The molecular weight excluding hydrogens is 340 g/mol. The van der Waals surface area contributed by atoms with E-state index in [9.17, 15) is 4.79 Å². The van der Waals surface area contributed by atoms with Crippen molar-refractivity contribution in [2.45, 2.75) is 18.9 Å². The first-order valence-electron chi connectivity index (χ1n) is 8.38. The second kappa shape index (κ2) is 8.83. The second-order valence-corrected chi connectivity index (χ2v) is 6.46. The summed E-state index contributed by atoms with van der Waals surface area (Å²) < 4.78 is 11.0. The molecule has 132 valence electrons. The van der Waals surface area contributed by atoms with E-state index in [-0.39, 0.29) is 18.6 Å². The maximum absolute atomic E-state index is 12.4. The molecule has 1 aliphatic rings. The molecule has 0 spiro atoms. The minimum atomic E-state index is -0.157. The van der Waals surface area contributed by atoms with Crippen molar-refractivity contribution in [2.75, 3.05) is 19.8 Å². The van der Waals surface area contributed by atoms with E-state index in [4.69, 9.17) is 21.1 Å². The second-order valence-electron chi connectivity index (χ2n) is 6.02. The van der Waals surface area contributed by atoms with Crippen molar-refractivity contribution in [2.24, 2.45) is 5.92 Å². The van der Waals surface area contributed by atoms with E-state index < -0.39 is 0 Å². The standard InChI is InChI=1S/C19H21ClN2O3/c20-16-3-5-17(6-4-16)25-13-18(23)22-19(14-7-10-24-11-8-14)15-2-1-9-21-12-15/h1-6,9,12,14,19H,7-8,10-11,13H2,(H,22,23). The van der Waals surface area contributed by atoms with E-state index in [0.29, 0.717) is 16.7 Å². The fourth-order valence-corrected chi connectivity index (χ4v) is 3.10. The number of carbonyl (C=O) groups is 1. The van der Waals surface area contributed by atoms with Gasteiger partial charge in [-0.05, 0) is 54.7 Å². The van der Waals surface area contributed by atoms with Crippen LogP contribution in [0.5, 0.6) is 5.75 Å². The van der Waals surface area contributed by atoms with Gasteiger partial charge in [-0.15, -0.1) is 0 Å².